The standard InChI is InChI=1S/C47H91O10P/c1-3-5-7-9-11-13-15-17-19-20-21-22-23-24-25-27-29-31-33-35-37-39-47(51)57-45(43-56-58(52,53)55-41-44(49)40-48)42-54-46(50)38-36-34-32-30-28-26-18-16-14-12-10-8-6-4-2/h17,19,44-45,48-49H,3-16,18,20-43H2,1-2H3,(H,52,53)/b19-17+/t44-,45+/m0/s1. The van der Waals surface area contributed by atoms with E-state index in [0.29, 0.717) is 12.8 Å². The first kappa shape index (κ1) is 56.7. The number of rotatable bonds is 46. The van der Waals surface area contributed by atoms with Gasteiger partial charge in [-0.1, -0.05) is 199 Å². The molecule has 58 heavy (non-hydrogen) atoms. The second-order valence-electron chi connectivity index (χ2n) is 16.5. The average molecular weight is 847 g/mol. The Balaban J connectivity index is 4.17. The minimum atomic E-state index is -4.61. The summed E-state index contributed by atoms with van der Waals surface area (Å²) in [5, 5.41) is 18.4. The van der Waals surface area contributed by atoms with Gasteiger partial charge in [-0.3, -0.25) is 18.6 Å². The van der Waals surface area contributed by atoms with Crippen LogP contribution in [0, 0.1) is 0 Å². The highest BCUT2D eigenvalue weighted by atomic mass is 31.2. The van der Waals surface area contributed by atoms with Crippen molar-refractivity contribution in [3.63, 3.8) is 0 Å². The Morgan fingerprint density at radius 1 is 0.500 bits per heavy atom. The molecule has 3 atom stereocenters. The lowest BCUT2D eigenvalue weighted by Gasteiger charge is -2.20. The molecule has 10 nitrogen and oxygen atoms in total. The molecule has 0 radical (unpaired) electrons. The van der Waals surface area contributed by atoms with E-state index in [1.807, 2.05) is 0 Å². The summed E-state index contributed by atoms with van der Waals surface area (Å²) >= 11 is 0. The summed E-state index contributed by atoms with van der Waals surface area (Å²) < 4.78 is 32.8. The number of carbonyl (C=O) groups is 2. The highest BCUT2D eigenvalue weighted by Gasteiger charge is 2.27. The monoisotopic (exact) mass is 847 g/mol. The van der Waals surface area contributed by atoms with Crippen molar-refractivity contribution in [2.75, 3.05) is 26.4 Å². The lowest BCUT2D eigenvalue weighted by atomic mass is 10.0. The largest absolute Gasteiger partial charge is 0.472 e. The van der Waals surface area contributed by atoms with Gasteiger partial charge >= 0.3 is 19.8 Å². The molecule has 0 amide bonds. The van der Waals surface area contributed by atoms with E-state index in [1.165, 1.54) is 161 Å². The Morgan fingerprint density at radius 2 is 0.845 bits per heavy atom. The predicted octanol–water partition coefficient (Wildman–Crippen LogP) is 13.2. The van der Waals surface area contributed by atoms with Gasteiger partial charge < -0.3 is 24.6 Å². The SMILES string of the molecule is CCCCCCCC/C=C/CCCCCCCCCCCCCC(=O)O[C@H](COC(=O)CCCCCCCCCCCCCCCC)COP(=O)(O)OC[C@@H](O)CO. The number of carbonyl (C=O) groups excluding carboxylic acids is 2. The molecule has 0 aliphatic rings. The number of allylic oxidation sites excluding steroid dienone is 2. The fourth-order valence-electron chi connectivity index (χ4n) is 6.93. The zero-order valence-corrected chi connectivity index (χ0v) is 38.4. The van der Waals surface area contributed by atoms with Crippen molar-refractivity contribution in [1.82, 2.24) is 0 Å². The van der Waals surface area contributed by atoms with Gasteiger partial charge in [-0.25, -0.2) is 4.57 Å². The second-order valence-corrected chi connectivity index (χ2v) is 17.9. The van der Waals surface area contributed by atoms with E-state index in [2.05, 4.69) is 26.0 Å². The number of hydrogen-bond acceptors (Lipinski definition) is 9. The highest BCUT2D eigenvalue weighted by molar-refractivity contribution is 7.47. The van der Waals surface area contributed by atoms with Crippen LogP contribution in [0.15, 0.2) is 12.2 Å². The molecule has 1 unspecified atom stereocenters. The number of aliphatic hydroxyl groups excluding tert-OH is 2. The molecule has 0 fully saturated rings. The molecule has 0 bridgehead atoms. The Morgan fingerprint density at radius 3 is 1.24 bits per heavy atom. The van der Waals surface area contributed by atoms with Crippen molar-refractivity contribution < 1.29 is 47.8 Å². The van der Waals surface area contributed by atoms with Crippen molar-refractivity contribution in [2.24, 2.45) is 0 Å². The minimum absolute atomic E-state index is 0.188. The molecule has 0 aromatic heterocycles. The molecule has 0 aromatic carbocycles. The first-order valence-electron chi connectivity index (χ1n) is 24.1. The highest BCUT2D eigenvalue weighted by Crippen LogP contribution is 2.43. The van der Waals surface area contributed by atoms with E-state index in [4.69, 9.17) is 23.6 Å². The van der Waals surface area contributed by atoms with Crippen LogP contribution in [0.25, 0.3) is 0 Å². The lowest BCUT2D eigenvalue weighted by Crippen LogP contribution is -2.29. The number of unbranched alkanes of at least 4 members (excludes halogenated alkanes) is 30. The van der Waals surface area contributed by atoms with Crippen LogP contribution >= 0.6 is 7.82 Å². The van der Waals surface area contributed by atoms with E-state index in [-0.39, 0.29) is 19.4 Å². The summed E-state index contributed by atoms with van der Waals surface area (Å²) in [5.41, 5.74) is 0. The minimum Gasteiger partial charge on any atom is -0.462 e. The molecular weight excluding hydrogens is 755 g/mol. The van der Waals surface area contributed by atoms with Crippen molar-refractivity contribution in [3.8, 4) is 0 Å². The molecule has 0 rings (SSSR count). The summed E-state index contributed by atoms with van der Waals surface area (Å²) in [5.74, 6) is -0.912. The van der Waals surface area contributed by atoms with Crippen LogP contribution in [0.2, 0.25) is 0 Å². The Labute approximate surface area is 356 Å². The Bertz CT molecular complexity index is 977. The molecule has 11 heteroatoms. The first-order valence-corrected chi connectivity index (χ1v) is 25.6. The fourth-order valence-corrected chi connectivity index (χ4v) is 7.72. The van der Waals surface area contributed by atoms with E-state index in [1.54, 1.807) is 0 Å². The molecule has 0 saturated heterocycles. The lowest BCUT2D eigenvalue weighted by molar-refractivity contribution is -0.161. The van der Waals surface area contributed by atoms with Crippen LogP contribution in [0.3, 0.4) is 0 Å². The third-order valence-electron chi connectivity index (χ3n) is 10.7. The number of aliphatic hydroxyl groups is 2. The maximum absolute atomic E-state index is 12.7. The Kier molecular flexibility index (Phi) is 42.8. The normalized spacial score (nSPS) is 13.8. The van der Waals surface area contributed by atoms with E-state index < -0.39 is 51.8 Å². The summed E-state index contributed by atoms with van der Waals surface area (Å²) in [7, 11) is -4.61. The third kappa shape index (κ3) is 42.8. The van der Waals surface area contributed by atoms with Gasteiger partial charge in [-0.2, -0.15) is 0 Å². The van der Waals surface area contributed by atoms with Crippen molar-refractivity contribution in [2.45, 2.75) is 251 Å². The molecule has 0 saturated carbocycles. The second kappa shape index (κ2) is 43.8. The number of ether oxygens (including phenoxy) is 2. The maximum Gasteiger partial charge on any atom is 0.472 e. The van der Waals surface area contributed by atoms with Gasteiger partial charge in [0.15, 0.2) is 6.10 Å². The van der Waals surface area contributed by atoms with Gasteiger partial charge in [-0.05, 0) is 38.5 Å². The molecular formula is C47H91O10P. The summed E-state index contributed by atoms with van der Waals surface area (Å²) in [6.45, 7) is 2.42. The zero-order valence-electron chi connectivity index (χ0n) is 37.5. The number of hydrogen-bond donors (Lipinski definition) is 3. The Hall–Kier alpha value is -1.29. The van der Waals surface area contributed by atoms with Crippen molar-refractivity contribution in [3.05, 3.63) is 12.2 Å². The van der Waals surface area contributed by atoms with Crippen molar-refractivity contribution >= 4 is 19.8 Å². The van der Waals surface area contributed by atoms with Gasteiger partial charge in [0.2, 0.25) is 0 Å². The zero-order chi connectivity index (χ0) is 42.6. The number of phosphoric ester groups is 1. The number of esters is 2. The van der Waals surface area contributed by atoms with Gasteiger partial charge in [0.05, 0.1) is 19.8 Å². The molecule has 0 spiro atoms. The van der Waals surface area contributed by atoms with Crippen LogP contribution in [-0.4, -0.2) is 65.7 Å². The van der Waals surface area contributed by atoms with Gasteiger partial charge in [-0.15, -0.1) is 0 Å². The predicted molar refractivity (Wildman–Crippen MR) is 238 cm³/mol. The maximum atomic E-state index is 12.7. The summed E-state index contributed by atoms with van der Waals surface area (Å²) in [6, 6.07) is 0. The summed E-state index contributed by atoms with van der Waals surface area (Å²) in [4.78, 5) is 35.1. The van der Waals surface area contributed by atoms with Crippen LogP contribution in [0.5, 0.6) is 0 Å². The quantitative estimate of drug-likeness (QED) is 0.0234. The van der Waals surface area contributed by atoms with Gasteiger partial charge in [0.25, 0.3) is 0 Å². The van der Waals surface area contributed by atoms with Gasteiger partial charge in [0.1, 0.15) is 12.7 Å². The van der Waals surface area contributed by atoms with Crippen LogP contribution in [0.4, 0.5) is 0 Å². The third-order valence-corrected chi connectivity index (χ3v) is 11.6. The smallest absolute Gasteiger partial charge is 0.462 e. The molecule has 0 aromatic rings. The van der Waals surface area contributed by atoms with Crippen LogP contribution < -0.4 is 0 Å². The van der Waals surface area contributed by atoms with E-state index in [0.717, 1.165) is 38.5 Å². The molecule has 3 N–H and O–H groups in total. The van der Waals surface area contributed by atoms with Crippen LogP contribution in [-0.2, 0) is 32.7 Å². The van der Waals surface area contributed by atoms with E-state index in [9.17, 15) is 24.2 Å². The number of phosphoric acid groups is 1. The molecule has 344 valence electrons. The van der Waals surface area contributed by atoms with Crippen LogP contribution in [0.1, 0.15) is 239 Å². The molecule has 0 aliphatic heterocycles. The molecule has 0 heterocycles. The first-order chi connectivity index (χ1) is 28.2. The summed E-state index contributed by atoms with van der Waals surface area (Å²) in [6.07, 6.45) is 43.2. The average Bonchev–Trinajstić information content (AvgIpc) is 3.21. The van der Waals surface area contributed by atoms with Crippen molar-refractivity contribution in [1.29, 1.82) is 0 Å². The molecule has 0 aliphatic carbocycles. The van der Waals surface area contributed by atoms with E-state index >= 15 is 0 Å². The van der Waals surface area contributed by atoms with Gasteiger partial charge in [0, 0.05) is 12.8 Å². The fraction of sp³-hybridized carbons (Fsp3) is 0.915. The topological polar surface area (TPSA) is 149 Å².